The number of piperidine rings is 1. The van der Waals surface area contributed by atoms with E-state index < -0.39 is 0 Å². The van der Waals surface area contributed by atoms with Crippen LogP contribution in [0.5, 0.6) is 0 Å². The number of benzene rings is 1. The van der Waals surface area contributed by atoms with Crippen molar-refractivity contribution >= 4 is 23.2 Å². The van der Waals surface area contributed by atoms with Crippen LogP contribution < -0.4 is 5.32 Å². The Balaban J connectivity index is 1.96. The lowest BCUT2D eigenvalue weighted by Crippen LogP contribution is -2.28. The molecule has 0 atom stereocenters. The fraction of sp³-hybridized carbons (Fsp3) is 0.471. The van der Waals surface area contributed by atoms with Crippen molar-refractivity contribution in [3.63, 3.8) is 0 Å². The van der Waals surface area contributed by atoms with E-state index >= 15 is 0 Å². The van der Waals surface area contributed by atoms with Crippen molar-refractivity contribution in [1.82, 2.24) is 14.9 Å². The molecule has 1 N–H and O–H groups in total. The SMILES string of the molecule is CCCn1cc(-c2ccc(Cl)c(Cl)c2)nc1C1CCNCC1. The van der Waals surface area contributed by atoms with Gasteiger partial charge in [0.1, 0.15) is 5.82 Å². The Kier molecular flexibility index (Phi) is 5.07. The number of halogens is 2. The molecule has 2 aromatic rings. The minimum absolute atomic E-state index is 0.546. The lowest BCUT2D eigenvalue weighted by molar-refractivity contribution is 0.429. The molecule has 3 nitrogen and oxygen atoms in total. The zero-order valence-electron chi connectivity index (χ0n) is 12.8. The maximum absolute atomic E-state index is 6.15. The Labute approximate surface area is 141 Å². The van der Waals surface area contributed by atoms with Crippen LogP contribution in [0.4, 0.5) is 0 Å². The van der Waals surface area contributed by atoms with Gasteiger partial charge in [0.05, 0.1) is 15.7 Å². The van der Waals surface area contributed by atoms with E-state index in [-0.39, 0.29) is 0 Å². The van der Waals surface area contributed by atoms with Crippen molar-refractivity contribution in [3.8, 4) is 11.3 Å². The van der Waals surface area contributed by atoms with Crippen molar-refractivity contribution in [2.45, 2.75) is 38.6 Å². The molecule has 1 aromatic heterocycles. The molecule has 1 aliphatic rings. The van der Waals surface area contributed by atoms with E-state index in [4.69, 9.17) is 28.2 Å². The quantitative estimate of drug-likeness (QED) is 0.873. The molecule has 0 amide bonds. The maximum Gasteiger partial charge on any atom is 0.112 e. The van der Waals surface area contributed by atoms with Gasteiger partial charge in [-0.15, -0.1) is 0 Å². The van der Waals surface area contributed by atoms with Crippen molar-refractivity contribution in [2.24, 2.45) is 0 Å². The number of rotatable bonds is 4. The van der Waals surface area contributed by atoms with Gasteiger partial charge in [-0.25, -0.2) is 4.98 Å². The molecule has 5 heteroatoms. The van der Waals surface area contributed by atoms with E-state index in [9.17, 15) is 0 Å². The third-order valence-electron chi connectivity index (χ3n) is 4.19. The Hall–Kier alpha value is -1.03. The van der Waals surface area contributed by atoms with Gasteiger partial charge in [-0.05, 0) is 44.5 Å². The van der Waals surface area contributed by atoms with E-state index in [0.29, 0.717) is 16.0 Å². The van der Waals surface area contributed by atoms with E-state index in [1.54, 1.807) is 0 Å². The molecule has 0 unspecified atom stereocenters. The molecular weight excluding hydrogens is 317 g/mol. The van der Waals surface area contributed by atoms with Gasteiger partial charge in [0, 0.05) is 24.2 Å². The Bertz CT molecular complexity index is 645. The molecule has 1 aromatic carbocycles. The van der Waals surface area contributed by atoms with Gasteiger partial charge >= 0.3 is 0 Å². The van der Waals surface area contributed by atoms with E-state index in [2.05, 4.69) is 23.0 Å². The molecule has 1 aliphatic heterocycles. The van der Waals surface area contributed by atoms with Crippen molar-refractivity contribution < 1.29 is 0 Å². The first-order valence-corrected chi connectivity index (χ1v) is 8.68. The minimum Gasteiger partial charge on any atom is -0.334 e. The number of nitrogens with one attached hydrogen (secondary N) is 1. The average Bonchev–Trinajstić information content (AvgIpc) is 2.95. The second-order valence-electron chi connectivity index (χ2n) is 5.83. The molecule has 1 fully saturated rings. The molecule has 118 valence electrons. The number of aryl methyl sites for hydroxylation is 1. The largest absolute Gasteiger partial charge is 0.334 e. The summed E-state index contributed by atoms with van der Waals surface area (Å²) in [5, 5.41) is 4.58. The van der Waals surface area contributed by atoms with Crippen molar-refractivity contribution in [2.75, 3.05) is 13.1 Å². The molecular formula is C17H21Cl2N3. The molecule has 0 radical (unpaired) electrons. The summed E-state index contributed by atoms with van der Waals surface area (Å²) in [6.45, 7) is 5.36. The number of hydrogen-bond acceptors (Lipinski definition) is 2. The van der Waals surface area contributed by atoms with Crippen LogP contribution in [-0.2, 0) is 6.54 Å². The monoisotopic (exact) mass is 337 g/mol. The fourth-order valence-corrected chi connectivity index (χ4v) is 3.35. The van der Waals surface area contributed by atoms with Crippen molar-refractivity contribution in [3.05, 3.63) is 40.3 Å². The average molecular weight is 338 g/mol. The maximum atomic E-state index is 6.15. The van der Waals surface area contributed by atoms with Crippen LogP contribution in [0.1, 0.15) is 37.9 Å². The highest BCUT2D eigenvalue weighted by Gasteiger charge is 2.21. The fourth-order valence-electron chi connectivity index (χ4n) is 3.05. The number of nitrogens with zero attached hydrogens (tertiary/aromatic N) is 2. The second kappa shape index (κ2) is 7.03. The standard InChI is InChI=1S/C17H21Cl2N3/c1-2-9-22-11-16(13-3-4-14(18)15(19)10-13)21-17(22)12-5-7-20-8-6-12/h3-4,10-12,20H,2,5-9H2,1H3. The predicted molar refractivity (Wildman–Crippen MR) is 92.8 cm³/mol. The summed E-state index contributed by atoms with van der Waals surface area (Å²) in [7, 11) is 0. The summed E-state index contributed by atoms with van der Waals surface area (Å²) < 4.78 is 2.31. The van der Waals surface area contributed by atoms with Crippen LogP contribution in [0.3, 0.4) is 0 Å². The molecule has 3 rings (SSSR count). The summed E-state index contributed by atoms with van der Waals surface area (Å²) in [5.41, 5.74) is 2.01. The first-order chi connectivity index (χ1) is 10.7. The Morgan fingerprint density at radius 1 is 1.23 bits per heavy atom. The molecule has 22 heavy (non-hydrogen) atoms. The van der Waals surface area contributed by atoms with E-state index in [1.807, 2.05) is 18.2 Å². The van der Waals surface area contributed by atoms with Gasteiger partial charge in [0.2, 0.25) is 0 Å². The first-order valence-electron chi connectivity index (χ1n) is 7.92. The zero-order chi connectivity index (χ0) is 15.5. The molecule has 0 saturated carbocycles. The lowest BCUT2D eigenvalue weighted by atomic mass is 9.97. The molecule has 0 spiro atoms. The van der Waals surface area contributed by atoms with Crippen LogP contribution in [0.2, 0.25) is 10.0 Å². The van der Waals surface area contributed by atoms with Gasteiger partial charge < -0.3 is 9.88 Å². The van der Waals surface area contributed by atoms with Gasteiger partial charge in [-0.2, -0.15) is 0 Å². The van der Waals surface area contributed by atoms with Crippen LogP contribution in [-0.4, -0.2) is 22.6 Å². The molecule has 0 aliphatic carbocycles. The molecule has 1 saturated heterocycles. The summed E-state index contributed by atoms with van der Waals surface area (Å²) in [4.78, 5) is 4.93. The van der Waals surface area contributed by atoms with Crippen LogP contribution in [0, 0.1) is 0 Å². The van der Waals surface area contributed by atoms with Crippen LogP contribution in [0.25, 0.3) is 11.3 Å². The topological polar surface area (TPSA) is 29.9 Å². The van der Waals surface area contributed by atoms with Gasteiger partial charge in [0.15, 0.2) is 0 Å². The molecule has 2 heterocycles. The van der Waals surface area contributed by atoms with Crippen LogP contribution >= 0.6 is 23.2 Å². The first kappa shape index (κ1) is 15.9. The smallest absolute Gasteiger partial charge is 0.112 e. The Morgan fingerprint density at radius 3 is 2.68 bits per heavy atom. The van der Waals surface area contributed by atoms with Gasteiger partial charge in [-0.3, -0.25) is 0 Å². The van der Waals surface area contributed by atoms with Gasteiger partial charge in [0.25, 0.3) is 0 Å². The summed E-state index contributed by atoms with van der Waals surface area (Å²) in [6.07, 6.45) is 5.57. The normalized spacial score (nSPS) is 16.1. The van der Waals surface area contributed by atoms with Crippen LogP contribution in [0.15, 0.2) is 24.4 Å². The highest BCUT2D eigenvalue weighted by Crippen LogP contribution is 2.31. The third kappa shape index (κ3) is 3.32. The van der Waals surface area contributed by atoms with E-state index in [0.717, 1.165) is 50.2 Å². The Morgan fingerprint density at radius 2 is 2.00 bits per heavy atom. The summed E-state index contributed by atoms with van der Waals surface area (Å²) in [6, 6.07) is 5.72. The van der Waals surface area contributed by atoms with Gasteiger partial charge in [-0.1, -0.05) is 36.2 Å². The number of aromatic nitrogens is 2. The zero-order valence-corrected chi connectivity index (χ0v) is 14.3. The second-order valence-corrected chi connectivity index (χ2v) is 6.65. The highest BCUT2D eigenvalue weighted by molar-refractivity contribution is 6.42. The minimum atomic E-state index is 0.546. The van der Waals surface area contributed by atoms with Crippen molar-refractivity contribution in [1.29, 1.82) is 0 Å². The number of hydrogen-bond donors (Lipinski definition) is 1. The summed E-state index contributed by atoms with van der Waals surface area (Å²) in [5.74, 6) is 1.76. The van der Waals surface area contributed by atoms with E-state index in [1.165, 1.54) is 5.82 Å². The summed E-state index contributed by atoms with van der Waals surface area (Å²) >= 11 is 12.2. The third-order valence-corrected chi connectivity index (χ3v) is 4.93. The number of imidazole rings is 1. The lowest BCUT2D eigenvalue weighted by Gasteiger charge is -2.22. The molecule has 0 bridgehead atoms. The highest BCUT2D eigenvalue weighted by atomic mass is 35.5. The predicted octanol–water partition coefficient (Wildman–Crippen LogP) is 4.73.